The third kappa shape index (κ3) is 6.35. The molecule has 0 aliphatic carbocycles. The summed E-state index contributed by atoms with van der Waals surface area (Å²) in [5, 5.41) is 3.27. The predicted molar refractivity (Wildman–Crippen MR) is 132 cm³/mol. The van der Waals surface area contributed by atoms with Gasteiger partial charge in [0.2, 0.25) is 0 Å². The van der Waals surface area contributed by atoms with Gasteiger partial charge in [-0.2, -0.15) is 0 Å². The van der Waals surface area contributed by atoms with E-state index in [-0.39, 0.29) is 23.5 Å². The second-order valence-corrected chi connectivity index (χ2v) is 8.22. The van der Waals surface area contributed by atoms with Gasteiger partial charge in [0.25, 0.3) is 5.91 Å². The Labute approximate surface area is 202 Å². The summed E-state index contributed by atoms with van der Waals surface area (Å²) >= 11 is 0. The van der Waals surface area contributed by atoms with Gasteiger partial charge in [-0.1, -0.05) is 36.4 Å². The summed E-state index contributed by atoms with van der Waals surface area (Å²) in [5.41, 5.74) is 2.49. The minimum atomic E-state index is -0.767. The van der Waals surface area contributed by atoms with Crippen LogP contribution >= 0.6 is 0 Å². The fourth-order valence-corrected chi connectivity index (χ4v) is 3.69. The number of nitrogens with one attached hydrogen (secondary N) is 1. The third-order valence-corrected chi connectivity index (χ3v) is 5.28. The number of aryl methyl sites for hydroxylation is 2. The number of hydrogen-bond acceptors (Lipinski definition) is 6. The monoisotopic (exact) mass is 471 g/mol. The second-order valence-electron chi connectivity index (χ2n) is 8.22. The summed E-state index contributed by atoms with van der Waals surface area (Å²) in [6, 6.07) is 21.5. The van der Waals surface area contributed by atoms with Crippen molar-refractivity contribution in [2.24, 2.45) is 0 Å². The number of rotatable bonds is 8. The van der Waals surface area contributed by atoms with E-state index in [9.17, 15) is 14.4 Å². The van der Waals surface area contributed by atoms with Crippen molar-refractivity contribution in [2.75, 3.05) is 13.2 Å². The molecule has 0 atom stereocenters. The Hall–Kier alpha value is -4.39. The summed E-state index contributed by atoms with van der Waals surface area (Å²) in [5.74, 6) is -0.316. The zero-order valence-electron chi connectivity index (χ0n) is 19.5. The lowest BCUT2D eigenvalue weighted by molar-refractivity contribution is -0.136. The Morgan fingerprint density at radius 2 is 1.63 bits per heavy atom. The predicted octanol–water partition coefficient (Wildman–Crippen LogP) is 4.37. The first kappa shape index (κ1) is 23.8. The van der Waals surface area contributed by atoms with Crippen LogP contribution in [-0.2, 0) is 11.2 Å². The molecule has 3 aromatic carbocycles. The maximum absolute atomic E-state index is 12.5. The molecule has 1 N–H and O–H groups in total. The molecule has 178 valence electrons. The number of ether oxygens (including phenoxy) is 2. The highest BCUT2D eigenvalue weighted by Gasteiger charge is 2.15. The zero-order valence-corrected chi connectivity index (χ0v) is 19.5. The van der Waals surface area contributed by atoms with Crippen LogP contribution in [0.15, 0.2) is 82.0 Å². The molecule has 1 aromatic heterocycles. The molecule has 0 bridgehead atoms. The Bertz CT molecular complexity index is 1400. The Kier molecular flexibility index (Phi) is 7.26. The van der Waals surface area contributed by atoms with Gasteiger partial charge in [0.15, 0.2) is 6.61 Å². The van der Waals surface area contributed by atoms with Crippen LogP contribution < -0.4 is 20.4 Å². The molecule has 1 heterocycles. The average Bonchev–Trinajstić information content (AvgIpc) is 2.82. The highest BCUT2D eigenvalue weighted by Crippen LogP contribution is 2.21. The van der Waals surface area contributed by atoms with Gasteiger partial charge >= 0.3 is 11.6 Å². The Balaban J connectivity index is 1.38. The van der Waals surface area contributed by atoms with Crippen LogP contribution in [0, 0.1) is 13.8 Å². The Morgan fingerprint density at radius 3 is 2.37 bits per heavy atom. The average molecular weight is 472 g/mol. The van der Waals surface area contributed by atoms with E-state index in [1.807, 2.05) is 62.4 Å². The topological polar surface area (TPSA) is 94.8 Å². The van der Waals surface area contributed by atoms with Crippen molar-refractivity contribution in [3.05, 3.63) is 105 Å². The largest absolute Gasteiger partial charge is 0.482 e. The number of carbonyl (C=O) groups is 2. The Morgan fingerprint density at radius 1 is 0.886 bits per heavy atom. The second kappa shape index (κ2) is 10.7. The first-order valence-electron chi connectivity index (χ1n) is 11.2. The van der Waals surface area contributed by atoms with Gasteiger partial charge in [-0.05, 0) is 67.3 Å². The van der Waals surface area contributed by atoms with Crippen LogP contribution in [0.5, 0.6) is 11.5 Å². The van der Waals surface area contributed by atoms with E-state index in [0.717, 1.165) is 16.7 Å². The molecule has 4 aromatic rings. The van der Waals surface area contributed by atoms with Crippen molar-refractivity contribution >= 4 is 22.8 Å². The van der Waals surface area contributed by atoms with Crippen LogP contribution in [0.3, 0.4) is 0 Å². The van der Waals surface area contributed by atoms with Crippen molar-refractivity contribution in [1.82, 2.24) is 5.32 Å². The van der Waals surface area contributed by atoms with Crippen LogP contribution in [-0.4, -0.2) is 25.0 Å². The third-order valence-electron chi connectivity index (χ3n) is 5.28. The molecule has 0 fully saturated rings. The number of benzene rings is 3. The number of fused-ring (bicyclic) bond motifs is 1. The van der Waals surface area contributed by atoms with Crippen LogP contribution in [0.2, 0.25) is 0 Å². The number of amides is 1. The van der Waals surface area contributed by atoms with Crippen LogP contribution in [0.25, 0.3) is 11.0 Å². The molecule has 0 saturated carbocycles. The molecule has 0 spiro atoms. The van der Waals surface area contributed by atoms with E-state index in [1.165, 1.54) is 12.1 Å². The van der Waals surface area contributed by atoms with Crippen LogP contribution in [0.1, 0.15) is 27.0 Å². The standard InChI is InChI=1S/C28H25NO6/c1-18-12-19(2)14-23(13-18)33-17-26(30)34-22-9-8-21-15-24(28(32)35-25(21)16-22)27(31)29-11-10-20-6-4-3-5-7-20/h3-9,12-16H,10-11,17H2,1-2H3,(H,29,31). The van der Waals surface area contributed by atoms with Gasteiger partial charge in [-0.25, -0.2) is 9.59 Å². The van der Waals surface area contributed by atoms with E-state index in [0.29, 0.717) is 24.1 Å². The van der Waals surface area contributed by atoms with Gasteiger partial charge in [-0.3, -0.25) is 4.79 Å². The lowest BCUT2D eigenvalue weighted by Gasteiger charge is -2.09. The summed E-state index contributed by atoms with van der Waals surface area (Å²) in [4.78, 5) is 37.1. The van der Waals surface area contributed by atoms with Gasteiger partial charge in [0.1, 0.15) is 22.6 Å². The fourth-order valence-electron chi connectivity index (χ4n) is 3.69. The van der Waals surface area contributed by atoms with Gasteiger partial charge in [-0.15, -0.1) is 0 Å². The summed E-state index contributed by atoms with van der Waals surface area (Å²) < 4.78 is 16.1. The van der Waals surface area contributed by atoms with Crippen LogP contribution in [0.4, 0.5) is 0 Å². The van der Waals surface area contributed by atoms with E-state index in [4.69, 9.17) is 13.9 Å². The first-order valence-corrected chi connectivity index (χ1v) is 11.2. The highest BCUT2D eigenvalue weighted by atomic mass is 16.6. The molecule has 7 nitrogen and oxygen atoms in total. The smallest absolute Gasteiger partial charge is 0.349 e. The summed E-state index contributed by atoms with van der Waals surface area (Å²) in [7, 11) is 0. The molecule has 7 heteroatoms. The number of esters is 1. The van der Waals surface area contributed by atoms with E-state index in [1.54, 1.807) is 12.1 Å². The SMILES string of the molecule is Cc1cc(C)cc(OCC(=O)Oc2ccc3cc(C(=O)NCCc4ccccc4)c(=O)oc3c2)c1. The molecule has 0 aliphatic heterocycles. The van der Waals surface area contributed by atoms with Gasteiger partial charge in [0.05, 0.1) is 0 Å². The highest BCUT2D eigenvalue weighted by molar-refractivity contribution is 5.96. The normalized spacial score (nSPS) is 10.7. The zero-order chi connectivity index (χ0) is 24.8. The van der Waals surface area contributed by atoms with Gasteiger partial charge < -0.3 is 19.2 Å². The number of hydrogen-bond donors (Lipinski definition) is 1. The molecule has 0 aliphatic rings. The first-order chi connectivity index (χ1) is 16.9. The molecule has 0 unspecified atom stereocenters. The summed E-state index contributed by atoms with van der Waals surface area (Å²) in [6.45, 7) is 4.01. The number of carbonyl (C=O) groups excluding carboxylic acids is 2. The van der Waals surface area contributed by atoms with E-state index >= 15 is 0 Å². The minimum absolute atomic E-state index is 0.0860. The van der Waals surface area contributed by atoms with Gasteiger partial charge in [0, 0.05) is 18.0 Å². The van der Waals surface area contributed by atoms with Crippen molar-refractivity contribution in [1.29, 1.82) is 0 Å². The molecular weight excluding hydrogens is 446 g/mol. The molecule has 35 heavy (non-hydrogen) atoms. The molecular formula is C28H25NO6. The fraction of sp³-hybridized carbons (Fsp3) is 0.179. The maximum atomic E-state index is 12.5. The van der Waals surface area contributed by atoms with Crippen molar-refractivity contribution < 1.29 is 23.5 Å². The molecule has 0 radical (unpaired) electrons. The van der Waals surface area contributed by atoms with Crippen molar-refractivity contribution in [3.8, 4) is 11.5 Å². The maximum Gasteiger partial charge on any atom is 0.349 e. The molecule has 4 rings (SSSR count). The molecule has 1 amide bonds. The summed E-state index contributed by atoms with van der Waals surface area (Å²) in [6.07, 6.45) is 0.646. The van der Waals surface area contributed by atoms with E-state index in [2.05, 4.69) is 5.32 Å². The lowest BCUT2D eigenvalue weighted by atomic mass is 10.1. The molecule has 0 saturated heterocycles. The van der Waals surface area contributed by atoms with Crippen molar-refractivity contribution in [3.63, 3.8) is 0 Å². The van der Waals surface area contributed by atoms with Crippen molar-refractivity contribution in [2.45, 2.75) is 20.3 Å². The lowest BCUT2D eigenvalue weighted by Crippen LogP contribution is -2.29. The minimum Gasteiger partial charge on any atom is -0.482 e. The van der Waals surface area contributed by atoms with E-state index < -0.39 is 17.5 Å². The quantitative estimate of drug-likeness (QED) is 0.233.